The summed E-state index contributed by atoms with van der Waals surface area (Å²) in [7, 11) is 0. The summed E-state index contributed by atoms with van der Waals surface area (Å²) in [5.41, 5.74) is 1.20. The van der Waals surface area contributed by atoms with Gasteiger partial charge in [0.1, 0.15) is 10.6 Å². The first-order valence-corrected chi connectivity index (χ1v) is 11.3. The van der Waals surface area contributed by atoms with Gasteiger partial charge >= 0.3 is 0 Å². The summed E-state index contributed by atoms with van der Waals surface area (Å²) in [6.07, 6.45) is 4.70. The summed E-state index contributed by atoms with van der Waals surface area (Å²) in [5.74, 6) is 1.97. The van der Waals surface area contributed by atoms with Gasteiger partial charge in [-0.2, -0.15) is 0 Å². The van der Waals surface area contributed by atoms with Gasteiger partial charge < -0.3 is 9.73 Å². The van der Waals surface area contributed by atoms with Gasteiger partial charge in [0, 0.05) is 24.1 Å². The lowest BCUT2D eigenvalue weighted by molar-refractivity contribution is -0.118. The number of hydrogen-bond acceptors (Lipinski definition) is 6. The van der Waals surface area contributed by atoms with Crippen molar-refractivity contribution in [1.82, 2.24) is 14.9 Å². The SMILES string of the molecule is CC(=O)NCCSc1nc2sc3c(c2c(=O)n1Cc1ccco1)CC[C@@H](C)C3. The van der Waals surface area contributed by atoms with Crippen molar-refractivity contribution in [3.05, 3.63) is 45.0 Å². The van der Waals surface area contributed by atoms with Crippen LogP contribution >= 0.6 is 23.1 Å². The molecule has 0 bridgehead atoms. The predicted molar refractivity (Wildman–Crippen MR) is 112 cm³/mol. The molecule has 3 heterocycles. The van der Waals surface area contributed by atoms with Crippen LogP contribution in [0.15, 0.2) is 32.8 Å². The molecule has 0 saturated heterocycles. The number of amides is 1. The van der Waals surface area contributed by atoms with Crippen molar-refractivity contribution in [2.75, 3.05) is 12.3 Å². The molecule has 1 N–H and O–H groups in total. The zero-order valence-corrected chi connectivity index (χ0v) is 17.6. The van der Waals surface area contributed by atoms with Crippen molar-refractivity contribution >= 4 is 39.2 Å². The number of nitrogens with one attached hydrogen (secondary N) is 1. The number of thioether (sulfide) groups is 1. The van der Waals surface area contributed by atoms with Crippen LogP contribution < -0.4 is 10.9 Å². The molecule has 0 saturated carbocycles. The van der Waals surface area contributed by atoms with Crippen molar-refractivity contribution in [3.8, 4) is 0 Å². The van der Waals surface area contributed by atoms with Crippen LogP contribution in [0.4, 0.5) is 0 Å². The molecule has 1 amide bonds. The second-order valence-electron chi connectivity index (χ2n) is 7.23. The van der Waals surface area contributed by atoms with Gasteiger partial charge in [0.15, 0.2) is 5.16 Å². The highest BCUT2D eigenvalue weighted by molar-refractivity contribution is 7.99. The minimum Gasteiger partial charge on any atom is -0.467 e. The Balaban J connectivity index is 1.74. The quantitative estimate of drug-likeness (QED) is 0.378. The predicted octanol–water partition coefficient (Wildman–Crippen LogP) is 3.45. The highest BCUT2D eigenvalue weighted by Gasteiger charge is 2.25. The van der Waals surface area contributed by atoms with E-state index in [0.717, 1.165) is 35.2 Å². The van der Waals surface area contributed by atoms with Crippen LogP contribution in [0.2, 0.25) is 0 Å². The van der Waals surface area contributed by atoms with Crippen molar-refractivity contribution < 1.29 is 9.21 Å². The maximum Gasteiger partial charge on any atom is 0.263 e. The summed E-state index contributed by atoms with van der Waals surface area (Å²) in [5, 5.41) is 4.24. The molecule has 6 nitrogen and oxygen atoms in total. The van der Waals surface area contributed by atoms with Gasteiger partial charge in [-0.25, -0.2) is 4.98 Å². The minimum absolute atomic E-state index is 0.00970. The number of fused-ring (bicyclic) bond motifs is 3. The number of aryl methyl sites for hydroxylation is 1. The molecule has 28 heavy (non-hydrogen) atoms. The Morgan fingerprint density at radius 1 is 1.50 bits per heavy atom. The molecule has 8 heteroatoms. The summed E-state index contributed by atoms with van der Waals surface area (Å²) in [4.78, 5) is 31.5. The van der Waals surface area contributed by atoms with Gasteiger partial charge in [-0.15, -0.1) is 11.3 Å². The molecular weight excluding hydrogens is 394 g/mol. The van der Waals surface area contributed by atoms with Crippen LogP contribution in [-0.2, 0) is 24.2 Å². The van der Waals surface area contributed by atoms with Crippen LogP contribution in [-0.4, -0.2) is 27.8 Å². The molecule has 1 aliphatic carbocycles. The molecule has 0 aromatic carbocycles. The van der Waals surface area contributed by atoms with Crippen LogP contribution in [0.25, 0.3) is 10.2 Å². The van der Waals surface area contributed by atoms with Crippen molar-refractivity contribution in [1.29, 1.82) is 0 Å². The number of rotatable bonds is 6. The smallest absolute Gasteiger partial charge is 0.263 e. The first kappa shape index (κ1) is 19.3. The second-order valence-corrected chi connectivity index (χ2v) is 9.37. The van der Waals surface area contributed by atoms with Gasteiger partial charge in [0.25, 0.3) is 5.56 Å². The van der Waals surface area contributed by atoms with E-state index in [-0.39, 0.29) is 11.5 Å². The Hall–Kier alpha value is -2.06. The molecule has 0 fully saturated rings. The summed E-state index contributed by atoms with van der Waals surface area (Å²) in [6, 6.07) is 3.69. The van der Waals surface area contributed by atoms with Crippen molar-refractivity contribution in [2.45, 2.75) is 44.8 Å². The first-order chi connectivity index (χ1) is 13.5. The van der Waals surface area contributed by atoms with Gasteiger partial charge in [-0.05, 0) is 42.9 Å². The Bertz CT molecular complexity index is 1050. The Morgan fingerprint density at radius 3 is 3.11 bits per heavy atom. The van der Waals surface area contributed by atoms with E-state index in [1.165, 1.54) is 29.1 Å². The molecule has 0 aliphatic heterocycles. The van der Waals surface area contributed by atoms with Crippen LogP contribution in [0.3, 0.4) is 0 Å². The molecule has 3 aromatic heterocycles. The van der Waals surface area contributed by atoms with E-state index in [0.29, 0.717) is 29.9 Å². The summed E-state index contributed by atoms with van der Waals surface area (Å²) < 4.78 is 7.19. The number of carbonyl (C=O) groups is 1. The molecule has 1 atom stereocenters. The van der Waals surface area contributed by atoms with E-state index in [2.05, 4.69) is 12.2 Å². The van der Waals surface area contributed by atoms with E-state index >= 15 is 0 Å². The van der Waals surface area contributed by atoms with Gasteiger partial charge in [0.2, 0.25) is 5.91 Å². The monoisotopic (exact) mass is 417 g/mol. The highest BCUT2D eigenvalue weighted by atomic mass is 32.2. The zero-order chi connectivity index (χ0) is 19.7. The molecule has 4 rings (SSSR count). The number of furan rings is 1. The normalized spacial score (nSPS) is 16.3. The van der Waals surface area contributed by atoms with E-state index in [1.807, 2.05) is 12.1 Å². The highest BCUT2D eigenvalue weighted by Crippen LogP contribution is 2.36. The summed E-state index contributed by atoms with van der Waals surface area (Å²) >= 11 is 3.15. The van der Waals surface area contributed by atoms with E-state index < -0.39 is 0 Å². The molecule has 148 valence electrons. The lowest BCUT2D eigenvalue weighted by Crippen LogP contribution is -2.26. The van der Waals surface area contributed by atoms with Gasteiger partial charge in [-0.3, -0.25) is 14.2 Å². The number of carbonyl (C=O) groups excluding carboxylic acids is 1. The third-order valence-corrected chi connectivity index (χ3v) is 7.11. The standard InChI is InChI=1S/C20H23N3O3S2/c1-12-5-6-15-16(10-12)28-18-17(15)19(25)23(11-14-4-3-8-26-14)20(22-18)27-9-7-21-13(2)24/h3-4,8,12H,5-7,9-11H2,1-2H3,(H,21,24)/t12-/m1/s1. The number of thiophene rings is 1. The second kappa shape index (κ2) is 8.13. The third-order valence-electron chi connectivity index (χ3n) is 4.98. The average Bonchev–Trinajstić information content (AvgIpc) is 3.28. The fraction of sp³-hybridized carbons (Fsp3) is 0.450. The van der Waals surface area contributed by atoms with E-state index in [1.54, 1.807) is 22.2 Å². The van der Waals surface area contributed by atoms with Crippen molar-refractivity contribution in [3.63, 3.8) is 0 Å². The summed E-state index contributed by atoms with van der Waals surface area (Å²) in [6.45, 7) is 4.66. The fourth-order valence-electron chi connectivity index (χ4n) is 3.58. The maximum absolute atomic E-state index is 13.4. The van der Waals surface area contributed by atoms with Gasteiger partial charge in [0.05, 0.1) is 18.2 Å². The molecule has 0 radical (unpaired) electrons. The third kappa shape index (κ3) is 3.89. The largest absolute Gasteiger partial charge is 0.467 e. The Labute approximate surface area is 171 Å². The maximum atomic E-state index is 13.4. The van der Waals surface area contributed by atoms with Crippen LogP contribution in [0.1, 0.15) is 36.5 Å². The molecule has 3 aromatic rings. The average molecular weight is 418 g/mol. The van der Waals surface area contributed by atoms with Crippen LogP contribution in [0.5, 0.6) is 0 Å². The molecular formula is C20H23N3O3S2. The van der Waals surface area contributed by atoms with E-state index in [9.17, 15) is 9.59 Å². The molecule has 1 aliphatic rings. The number of hydrogen-bond donors (Lipinski definition) is 1. The van der Waals surface area contributed by atoms with Crippen molar-refractivity contribution in [2.24, 2.45) is 5.92 Å². The lowest BCUT2D eigenvalue weighted by atomic mass is 9.89. The zero-order valence-electron chi connectivity index (χ0n) is 16.0. The number of nitrogens with zero attached hydrogens (tertiary/aromatic N) is 2. The first-order valence-electron chi connectivity index (χ1n) is 9.47. The Morgan fingerprint density at radius 2 is 2.36 bits per heavy atom. The topological polar surface area (TPSA) is 77.1 Å². The lowest BCUT2D eigenvalue weighted by Gasteiger charge is -2.17. The molecule has 0 unspecified atom stereocenters. The molecule has 0 spiro atoms. The van der Waals surface area contributed by atoms with Gasteiger partial charge in [-0.1, -0.05) is 18.7 Å². The Kier molecular flexibility index (Phi) is 5.59. The van der Waals surface area contributed by atoms with E-state index in [4.69, 9.17) is 9.40 Å². The number of aromatic nitrogens is 2. The minimum atomic E-state index is -0.0583. The fourth-order valence-corrected chi connectivity index (χ4v) is 5.86. The van der Waals surface area contributed by atoms with Crippen LogP contribution in [0, 0.1) is 5.92 Å².